The average Bonchev–Trinajstić information content (AvgIpc) is 3.03. The van der Waals surface area contributed by atoms with Crippen molar-refractivity contribution in [2.24, 2.45) is 5.73 Å². The first-order valence-electron chi connectivity index (χ1n) is 10.2. The number of nitrogens with one attached hydrogen (secondary N) is 1. The van der Waals surface area contributed by atoms with E-state index < -0.39 is 11.3 Å². The minimum atomic E-state index is -1.61. The lowest BCUT2D eigenvalue weighted by molar-refractivity contribution is -0.122. The second-order valence-electron chi connectivity index (χ2n) is 8.15. The van der Waals surface area contributed by atoms with Gasteiger partial charge in [0.05, 0.1) is 11.3 Å². The highest BCUT2D eigenvalue weighted by Gasteiger charge is 2.60. The number of allylic oxidation sites excluding steroid dienone is 1. The lowest BCUT2D eigenvalue weighted by atomic mass is 9.64. The Balaban J connectivity index is 1.91. The zero-order chi connectivity index (χ0) is 22.8. The van der Waals surface area contributed by atoms with E-state index in [2.05, 4.69) is 27.3 Å². The number of carbonyl (C=O) groups is 2. The van der Waals surface area contributed by atoms with Crippen molar-refractivity contribution >= 4 is 50.6 Å². The number of Topliss-reactive ketones (excluding diaryl/α,β-unsaturated/α-hetero) is 1. The van der Waals surface area contributed by atoms with Gasteiger partial charge in [-0.2, -0.15) is 5.26 Å². The SMILES string of the molecule is Cc1ccc(Br)c(N2C(N)=C(C#N)C3(C(=O)Nc4ccc(Cl)cc43)C3=C2CCCC3=O)c1. The maximum Gasteiger partial charge on any atom is 0.245 e. The quantitative estimate of drug-likeness (QED) is 0.574. The van der Waals surface area contributed by atoms with Crippen LogP contribution in [-0.4, -0.2) is 11.7 Å². The maximum atomic E-state index is 13.6. The molecule has 2 aromatic carbocycles. The molecule has 0 fully saturated rings. The molecule has 2 aliphatic heterocycles. The second kappa shape index (κ2) is 7.22. The van der Waals surface area contributed by atoms with Gasteiger partial charge in [0.1, 0.15) is 17.3 Å². The van der Waals surface area contributed by atoms with Gasteiger partial charge in [-0.25, -0.2) is 0 Å². The first kappa shape index (κ1) is 20.8. The smallest absolute Gasteiger partial charge is 0.245 e. The van der Waals surface area contributed by atoms with Crippen molar-refractivity contribution in [1.82, 2.24) is 0 Å². The van der Waals surface area contributed by atoms with Gasteiger partial charge in [-0.3, -0.25) is 14.5 Å². The van der Waals surface area contributed by atoms with E-state index in [0.717, 1.165) is 15.7 Å². The Kier molecular flexibility index (Phi) is 4.70. The molecule has 0 bridgehead atoms. The Morgan fingerprint density at radius 1 is 1.22 bits per heavy atom. The number of hydrogen-bond donors (Lipinski definition) is 2. The minimum absolute atomic E-state index is 0.0263. The topological polar surface area (TPSA) is 99.2 Å². The predicted molar refractivity (Wildman–Crippen MR) is 126 cm³/mol. The number of hydrogen-bond acceptors (Lipinski definition) is 5. The second-order valence-corrected chi connectivity index (χ2v) is 9.45. The number of rotatable bonds is 1. The summed E-state index contributed by atoms with van der Waals surface area (Å²) in [5.41, 5.74) is 8.74. The molecule has 1 unspecified atom stereocenters. The van der Waals surface area contributed by atoms with Crippen molar-refractivity contribution in [1.29, 1.82) is 5.26 Å². The standard InChI is InChI=1S/C24H18BrClN4O2/c1-12-5-7-16(25)19(9-12)30-18-3-2-4-20(31)21(18)24(15(11-27)22(30)28)14-10-13(26)6-8-17(14)29-23(24)32/h5-10H,2-4,28H2,1H3,(H,29,32). The lowest BCUT2D eigenvalue weighted by Gasteiger charge is -2.43. The van der Waals surface area contributed by atoms with Crippen molar-refractivity contribution in [3.8, 4) is 6.07 Å². The van der Waals surface area contributed by atoms with Gasteiger partial charge in [-0.05, 0) is 71.6 Å². The van der Waals surface area contributed by atoms with E-state index in [-0.39, 0.29) is 17.2 Å². The van der Waals surface area contributed by atoms with E-state index >= 15 is 0 Å². The largest absolute Gasteiger partial charge is 0.384 e. The van der Waals surface area contributed by atoms with Crippen LogP contribution in [0.2, 0.25) is 5.02 Å². The van der Waals surface area contributed by atoms with E-state index in [1.54, 1.807) is 23.1 Å². The predicted octanol–water partition coefficient (Wildman–Crippen LogP) is 4.82. The molecule has 3 N–H and O–H groups in total. The van der Waals surface area contributed by atoms with Crippen LogP contribution in [0.5, 0.6) is 0 Å². The van der Waals surface area contributed by atoms with Gasteiger partial charge in [-0.15, -0.1) is 0 Å². The summed E-state index contributed by atoms with van der Waals surface area (Å²) < 4.78 is 0.767. The summed E-state index contributed by atoms with van der Waals surface area (Å²) in [4.78, 5) is 28.8. The normalized spacial score (nSPS) is 22.1. The number of anilines is 2. The van der Waals surface area contributed by atoms with Crippen molar-refractivity contribution in [3.63, 3.8) is 0 Å². The minimum Gasteiger partial charge on any atom is -0.384 e. The number of nitrogens with two attached hydrogens (primary N) is 1. The highest BCUT2D eigenvalue weighted by Crippen LogP contribution is 2.55. The number of amides is 1. The van der Waals surface area contributed by atoms with Gasteiger partial charge in [0.25, 0.3) is 0 Å². The first-order valence-corrected chi connectivity index (χ1v) is 11.3. The summed E-state index contributed by atoms with van der Waals surface area (Å²) in [6, 6.07) is 13.0. The fourth-order valence-corrected chi connectivity index (χ4v) is 5.63. The molecule has 0 aromatic heterocycles. The molecule has 2 heterocycles. The monoisotopic (exact) mass is 508 g/mol. The van der Waals surface area contributed by atoms with Gasteiger partial charge in [0, 0.05) is 38.4 Å². The molecule has 32 heavy (non-hydrogen) atoms. The average molecular weight is 510 g/mol. The van der Waals surface area contributed by atoms with Gasteiger partial charge < -0.3 is 11.1 Å². The van der Waals surface area contributed by atoms with E-state index in [0.29, 0.717) is 46.8 Å². The van der Waals surface area contributed by atoms with Crippen LogP contribution in [0.25, 0.3) is 0 Å². The molecule has 1 aliphatic carbocycles. The van der Waals surface area contributed by atoms with Crippen molar-refractivity contribution in [2.45, 2.75) is 31.6 Å². The summed E-state index contributed by atoms with van der Waals surface area (Å²) in [6.07, 6.45) is 1.48. The van der Waals surface area contributed by atoms with E-state index in [1.807, 2.05) is 25.1 Å². The summed E-state index contributed by atoms with van der Waals surface area (Å²) in [5, 5.41) is 13.5. The lowest BCUT2D eigenvalue weighted by Crippen LogP contribution is -2.50. The number of nitriles is 1. The molecule has 6 nitrogen and oxygen atoms in total. The van der Waals surface area contributed by atoms with Crippen LogP contribution in [0.4, 0.5) is 11.4 Å². The van der Waals surface area contributed by atoms with Crippen molar-refractivity contribution < 1.29 is 9.59 Å². The van der Waals surface area contributed by atoms with Crippen LogP contribution < -0.4 is 16.0 Å². The Morgan fingerprint density at radius 3 is 2.75 bits per heavy atom. The number of ketones is 1. The van der Waals surface area contributed by atoms with E-state index in [4.69, 9.17) is 17.3 Å². The number of benzene rings is 2. The van der Waals surface area contributed by atoms with E-state index in [9.17, 15) is 14.9 Å². The number of aryl methyl sites for hydroxylation is 1. The fourth-order valence-electron chi connectivity index (χ4n) is 5.03. The fraction of sp³-hybridized carbons (Fsp3) is 0.208. The first-order chi connectivity index (χ1) is 15.3. The van der Waals surface area contributed by atoms with Crippen LogP contribution in [0.3, 0.4) is 0 Å². The van der Waals surface area contributed by atoms with Crippen molar-refractivity contribution in [3.05, 3.63) is 79.7 Å². The molecular weight excluding hydrogens is 492 g/mol. The van der Waals surface area contributed by atoms with Gasteiger partial charge >= 0.3 is 0 Å². The van der Waals surface area contributed by atoms with Gasteiger partial charge in [0.15, 0.2) is 5.78 Å². The highest BCUT2D eigenvalue weighted by molar-refractivity contribution is 9.10. The number of nitrogens with zero attached hydrogens (tertiary/aromatic N) is 2. The third kappa shape index (κ3) is 2.63. The van der Waals surface area contributed by atoms with E-state index in [1.165, 1.54) is 0 Å². The van der Waals surface area contributed by atoms with Gasteiger partial charge in [-0.1, -0.05) is 17.7 Å². The summed E-state index contributed by atoms with van der Waals surface area (Å²) >= 11 is 9.87. The third-order valence-corrected chi connectivity index (χ3v) is 7.24. The zero-order valence-corrected chi connectivity index (χ0v) is 19.5. The molecule has 0 saturated heterocycles. The summed E-state index contributed by atoms with van der Waals surface area (Å²) in [5.74, 6) is -0.488. The Labute approximate surface area is 198 Å². The summed E-state index contributed by atoms with van der Waals surface area (Å²) in [6.45, 7) is 1.95. The highest BCUT2D eigenvalue weighted by atomic mass is 79.9. The molecule has 0 radical (unpaired) electrons. The molecular formula is C24H18BrClN4O2. The molecule has 1 atom stereocenters. The molecule has 1 spiro atoms. The molecule has 5 rings (SSSR count). The molecule has 2 aromatic rings. The van der Waals surface area contributed by atoms with Crippen LogP contribution in [-0.2, 0) is 15.0 Å². The Bertz CT molecular complexity index is 1340. The van der Waals surface area contributed by atoms with Crippen LogP contribution in [0.1, 0.15) is 30.4 Å². The Hall–Kier alpha value is -3.08. The van der Waals surface area contributed by atoms with Gasteiger partial charge in [0.2, 0.25) is 5.91 Å². The Morgan fingerprint density at radius 2 is 2.00 bits per heavy atom. The molecule has 160 valence electrons. The molecule has 3 aliphatic rings. The number of halogens is 2. The zero-order valence-electron chi connectivity index (χ0n) is 17.1. The van der Waals surface area contributed by atoms with Crippen LogP contribution >= 0.6 is 27.5 Å². The van der Waals surface area contributed by atoms with Crippen LogP contribution in [0, 0.1) is 18.3 Å². The molecule has 1 amide bonds. The number of fused-ring (bicyclic) bond motifs is 3. The molecule has 0 saturated carbocycles. The molecule has 8 heteroatoms. The van der Waals surface area contributed by atoms with Crippen LogP contribution in [0.15, 0.2) is 63.5 Å². The maximum absolute atomic E-state index is 13.6. The van der Waals surface area contributed by atoms with Crippen molar-refractivity contribution in [2.75, 3.05) is 10.2 Å². The number of carbonyl (C=O) groups excluding carboxylic acids is 2. The third-order valence-electron chi connectivity index (χ3n) is 6.33. The summed E-state index contributed by atoms with van der Waals surface area (Å²) in [7, 11) is 0.